The van der Waals surface area contributed by atoms with Crippen LogP contribution in [-0.2, 0) is 16.1 Å². The predicted octanol–water partition coefficient (Wildman–Crippen LogP) is 3.86. The van der Waals surface area contributed by atoms with Gasteiger partial charge in [-0.25, -0.2) is 4.39 Å². The first kappa shape index (κ1) is 21.0. The minimum absolute atomic E-state index is 0.119. The van der Waals surface area contributed by atoms with E-state index in [4.69, 9.17) is 0 Å². The van der Waals surface area contributed by atoms with Gasteiger partial charge in [-0.2, -0.15) is 0 Å². The number of hydrogen-bond donors (Lipinski definition) is 1. The molecule has 0 aromatic heterocycles. The average molecular weight is 389 g/mol. The van der Waals surface area contributed by atoms with E-state index in [1.807, 2.05) is 44.2 Å². The largest absolute Gasteiger partial charge is 0.355 e. The quantitative estimate of drug-likeness (QED) is 0.664. The summed E-state index contributed by atoms with van der Waals surface area (Å²) in [6.45, 7) is 4.51. The number of halogens is 1. The summed E-state index contributed by atoms with van der Waals surface area (Å²) in [5, 5.41) is 2.80. The molecule has 144 valence electrons. The molecule has 0 aliphatic carbocycles. The van der Waals surface area contributed by atoms with Crippen LogP contribution in [0.15, 0.2) is 59.5 Å². The van der Waals surface area contributed by atoms with Crippen molar-refractivity contribution in [2.75, 3.05) is 12.3 Å². The second-order valence-corrected chi connectivity index (χ2v) is 7.12. The molecule has 0 bridgehead atoms. The van der Waals surface area contributed by atoms with Crippen LogP contribution in [0.25, 0.3) is 0 Å². The van der Waals surface area contributed by atoms with E-state index in [2.05, 4.69) is 5.32 Å². The standard InChI is InChI=1S/C21H25FN2O2S/c1-3-19(21(26)23-4-2)24(14-16-10-12-17(22)13-11-16)20(25)15-27-18-8-6-5-7-9-18/h5-13,19H,3-4,14-15H2,1-2H3,(H,23,26)/t19-/m1/s1. The lowest BCUT2D eigenvalue weighted by atomic mass is 10.1. The second-order valence-electron chi connectivity index (χ2n) is 6.07. The highest BCUT2D eigenvalue weighted by molar-refractivity contribution is 8.00. The van der Waals surface area contributed by atoms with Gasteiger partial charge in [0.15, 0.2) is 0 Å². The fourth-order valence-electron chi connectivity index (χ4n) is 2.74. The van der Waals surface area contributed by atoms with Crippen LogP contribution in [0.2, 0.25) is 0 Å². The van der Waals surface area contributed by atoms with Gasteiger partial charge in [0.05, 0.1) is 5.75 Å². The van der Waals surface area contributed by atoms with Crippen molar-refractivity contribution in [2.24, 2.45) is 0 Å². The van der Waals surface area contributed by atoms with E-state index in [1.165, 1.54) is 23.9 Å². The van der Waals surface area contributed by atoms with Crippen molar-refractivity contribution < 1.29 is 14.0 Å². The Bertz CT molecular complexity index is 738. The zero-order valence-corrected chi connectivity index (χ0v) is 16.5. The molecule has 0 aliphatic heterocycles. The van der Waals surface area contributed by atoms with Crippen LogP contribution in [0.3, 0.4) is 0 Å². The number of rotatable bonds is 9. The normalized spacial score (nSPS) is 11.7. The van der Waals surface area contributed by atoms with Crippen molar-refractivity contribution in [3.63, 3.8) is 0 Å². The summed E-state index contributed by atoms with van der Waals surface area (Å²) in [6, 6.07) is 15.1. The Labute approximate surface area is 164 Å². The zero-order chi connectivity index (χ0) is 19.6. The number of benzene rings is 2. The van der Waals surface area contributed by atoms with Crippen molar-refractivity contribution >= 4 is 23.6 Å². The van der Waals surface area contributed by atoms with Crippen LogP contribution in [0.4, 0.5) is 4.39 Å². The molecule has 1 atom stereocenters. The lowest BCUT2D eigenvalue weighted by Crippen LogP contribution is -2.49. The van der Waals surface area contributed by atoms with Gasteiger partial charge in [0.1, 0.15) is 11.9 Å². The molecule has 6 heteroatoms. The van der Waals surface area contributed by atoms with Gasteiger partial charge in [-0.3, -0.25) is 9.59 Å². The monoisotopic (exact) mass is 388 g/mol. The molecule has 27 heavy (non-hydrogen) atoms. The van der Waals surface area contributed by atoms with Crippen molar-refractivity contribution in [3.8, 4) is 0 Å². The van der Waals surface area contributed by atoms with Gasteiger partial charge in [0.2, 0.25) is 11.8 Å². The summed E-state index contributed by atoms with van der Waals surface area (Å²) in [7, 11) is 0. The molecule has 0 saturated carbocycles. The van der Waals surface area contributed by atoms with Gasteiger partial charge < -0.3 is 10.2 Å². The highest BCUT2D eigenvalue weighted by Gasteiger charge is 2.28. The fourth-order valence-corrected chi connectivity index (χ4v) is 3.55. The Balaban J connectivity index is 2.17. The van der Waals surface area contributed by atoms with Gasteiger partial charge in [0, 0.05) is 18.0 Å². The first-order valence-corrected chi connectivity index (χ1v) is 10.0. The summed E-state index contributed by atoms with van der Waals surface area (Å²) in [5.74, 6) is -0.375. The number of nitrogens with zero attached hydrogens (tertiary/aromatic N) is 1. The van der Waals surface area contributed by atoms with E-state index >= 15 is 0 Å². The lowest BCUT2D eigenvalue weighted by Gasteiger charge is -2.30. The van der Waals surface area contributed by atoms with Crippen LogP contribution in [-0.4, -0.2) is 35.1 Å². The Morgan fingerprint density at radius 2 is 1.74 bits per heavy atom. The number of likely N-dealkylation sites (N-methyl/N-ethyl adjacent to an activating group) is 1. The SMILES string of the molecule is CCNC(=O)[C@@H](CC)N(Cc1ccc(F)cc1)C(=O)CSc1ccccc1. The maximum atomic E-state index is 13.2. The Morgan fingerprint density at radius 3 is 2.33 bits per heavy atom. The molecule has 1 N–H and O–H groups in total. The van der Waals surface area contributed by atoms with Gasteiger partial charge in [-0.1, -0.05) is 37.3 Å². The Morgan fingerprint density at radius 1 is 1.07 bits per heavy atom. The third kappa shape index (κ3) is 6.40. The molecule has 0 aliphatic rings. The number of nitrogens with one attached hydrogen (secondary N) is 1. The first-order valence-electron chi connectivity index (χ1n) is 9.04. The van der Waals surface area contributed by atoms with Crippen LogP contribution < -0.4 is 5.32 Å². The summed E-state index contributed by atoms with van der Waals surface area (Å²) >= 11 is 1.44. The third-order valence-electron chi connectivity index (χ3n) is 4.11. The maximum Gasteiger partial charge on any atom is 0.242 e. The van der Waals surface area contributed by atoms with Crippen LogP contribution >= 0.6 is 11.8 Å². The average Bonchev–Trinajstić information content (AvgIpc) is 2.68. The van der Waals surface area contributed by atoms with Gasteiger partial charge in [0.25, 0.3) is 0 Å². The lowest BCUT2D eigenvalue weighted by molar-refractivity contribution is -0.139. The van der Waals surface area contributed by atoms with E-state index in [-0.39, 0.29) is 29.9 Å². The summed E-state index contributed by atoms with van der Waals surface area (Å²) in [4.78, 5) is 28.0. The van der Waals surface area contributed by atoms with Gasteiger partial charge in [-0.15, -0.1) is 11.8 Å². The van der Waals surface area contributed by atoms with Crippen molar-refractivity contribution in [1.29, 1.82) is 0 Å². The molecule has 0 unspecified atom stereocenters. The highest BCUT2D eigenvalue weighted by atomic mass is 32.2. The maximum absolute atomic E-state index is 13.2. The fraction of sp³-hybridized carbons (Fsp3) is 0.333. The molecule has 2 rings (SSSR count). The molecule has 0 spiro atoms. The molecular formula is C21H25FN2O2S. The Kier molecular flexibility index (Phi) is 8.33. The summed E-state index contributed by atoms with van der Waals surface area (Å²) in [5.41, 5.74) is 0.789. The van der Waals surface area contributed by atoms with Gasteiger partial charge in [-0.05, 0) is 43.2 Å². The van der Waals surface area contributed by atoms with Gasteiger partial charge >= 0.3 is 0 Å². The topological polar surface area (TPSA) is 49.4 Å². The Hall–Kier alpha value is -2.34. The van der Waals surface area contributed by atoms with Crippen LogP contribution in [0.5, 0.6) is 0 Å². The number of thioether (sulfide) groups is 1. The number of hydrogen-bond acceptors (Lipinski definition) is 3. The smallest absolute Gasteiger partial charge is 0.242 e. The molecule has 0 saturated heterocycles. The molecule has 0 fully saturated rings. The molecule has 2 amide bonds. The molecule has 4 nitrogen and oxygen atoms in total. The predicted molar refractivity (Wildman–Crippen MR) is 107 cm³/mol. The summed E-state index contributed by atoms with van der Waals surface area (Å²) in [6.07, 6.45) is 0.509. The molecule has 2 aromatic carbocycles. The minimum Gasteiger partial charge on any atom is -0.355 e. The van der Waals surface area contributed by atoms with E-state index < -0.39 is 6.04 Å². The van der Waals surface area contributed by atoms with Crippen molar-refractivity contribution in [3.05, 3.63) is 66.0 Å². The van der Waals surface area contributed by atoms with E-state index in [0.717, 1.165) is 10.5 Å². The van der Waals surface area contributed by atoms with Crippen molar-refractivity contribution in [2.45, 2.75) is 37.8 Å². The first-order chi connectivity index (χ1) is 13.0. The van der Waals surface area contributed by atoms with E-state index in [0.29, 0.717) is 13.0 Å². The highest BCUT2D eigenvalue weighted by Crippen LogP contribution is 2.20. The number of amides is 2. The molecule has 0 heterocycles. The van der Waals surface area contributed by atoms with Crippen LogP contribution in [0, 0.1) is 5.82 Å². The number of carbonyl (C=O) groups is 2. The number of carbonyl (C=O) groups excluding carboxylic acids is 2. The zero-order valence-electron chi connectivity index (χ0n) is 15.7. The minimum atomic E-state index is -0.557. The van der Waals surface area contributed by atoms with Crippen LogP contribution in [0.1, 0.15) is 25.8 Å². The second kappa shape index (κ2) is 10.7. The van der Waals surface area contributed by atoms with Crippen molar-refractivity contribution in [1.82, 2.24) is 10.2 Å². The van der Waals surface area contributed by atoms with E-state index in [1.54, 1.807) is 17.0 Å². The summed E-state index contributed by atoms with van der Waals surface area (Å²) < 4.78 is 13.2. The molecule has 0 radical (unpaired) electrons. The third-order valence-corrected chi connectivity index (χ3v) is 5.11. The molecular weight excluding hydrogens is 363 g/mol. The molecule has 2 aromatic rings. The van der Waals surface area contributed by atoms with E-state index in [9.17, 15) is 14.0 Å².